The molecule has 20 heavy (non-hydrogen) atoms. The van der Waals surface area contributed by atoms with Gasteiger partial charge in [0.2, 0.25) is 0 Å². The van der Waals surface area contributed by atoms with Gasteiger partial charge in [0.15, 0.2) is 5.96 Å². The number of rotatable bonds is 5. The van der Waals surface area contributed by atoms with E-state index in [1.165, 1.54) is 16.5 Å². The van der Waals surface area contributed by atoms with Crippen LogP contribution < -0.4 is 10.6 Å². The van der Waals surface area contributed by atoms with E-state index in [-0.39, 0.29) is 0 Å². The molecule has 0 amide bonds. The minimum atomic E-state index is 0.773. The molecule has 0 fully saturated rings. The molecule has 0 aliphatic heterocycles. The number of aromatic amines is 1. The first-order chi connectivity index (χ1) is 9.74. The molecule has 0 aliphatic carbocycles. The monoisotopic (exact) mass is 336 g/mol. The van der Waals surface area contributed by atoms with Crippen molar-refractivity contribution in [1.82, 2.24) is 15.6 Å². The lowest BCUT2D eigenvalue weighted by Gasteiger charge is -2.08. The summed E-state index contributed by atoms with van der Waals surface area (Å²) in [4.78, 5) is 7.88. The Hall–Kier alpha value is -1.49. The minimum Gasteiger partial charge on any atom is -0.361 e. The summed E-state index contributed by atoms with van der Waals surface area (Å²) in [7, 11) is 0. The van der Waals surface area contributed by atoms with Gasteiger partial charge in [-0.3, -0.25) is 4.99 Å². The molecule has 108 valence electrons. The number of nitrogens with zero attached hydrogens (tertiary/aromatic N) is 1. The second-order valence-corrected chi connectivity index (χ2v) is 5.46. The van der Waals surface area contributed by atoms with Crippen molar-refractivity contribution in [2.45, 2.75) is 20.3 Å². The molecular formula is C15H21BrN4. The summed E-state index contributed by atoms with van der Waals surface area (Å²) >= 11 is 3.52. The van der Waals surface area contributed by atoms with Gasteiger partial charge in [-0.15, -0.1) is 0 Å². The molecule has 1 aromatic carbocycles. The van der Waals surface area contributed by atoms with Crippen molar-refractivity contribution in [3.05, 3.63) is 34.4 Å². The highest BCUT2D eigenvalue weighted by Crippen LogP contribution is 2.22. The maximum atomic E-state index is 4.58. The maximum absolute atomic E-state index is 4.58. The molecule has 2 aromatic rings. The Morgan fingerprint density at radius 1 is 1.25 bits per heavy atom. The van der Waals surface area contributed by atoms with Crippen LogP contribution in [0.15, 0.2) is 33.9 Å². The van der Waals surface area contributed by atoms with Gasteiger partial charge in [-0.1, -0.05) is 15.9 Å². The fourth-order valence-corrected chi connectivity index (χ4v) is 2.52. The van der Waals surface area contributed by atoms with Gasteiger partial charge in [0.05, 0.1) is 0 Å². The highest BCUT2D eigenvalue weighted by Gasteiger charge is 2.04. The standard InChI is InChI=1S/C15H21BrN4/c1-3-17-15(18-4-2)19-8-7-11-10-20-14-6-5-12(16)9-13(11)14/h5-6,9-10,20H,3-4,7-8H2,1-2H3,(H2,17,18,19). The van der Waals surface area contributed by atoms with Gasteiger partial charge in [0.1, 0.15) is 0 Å². The smallest absolute Gasteiger partial charge is 0.191 e. The molecule has 0 spiro atoms. The Morgan fingerprint density at radius 3 is 2.70 bits per heavy atom. The fraction of sp³-hybridized carbons (Fsp3) is 0.400. The van der Waals surface area contributed by atoms with Crippen LogP contribution in [-0.4, -0.2) is 30.6 Å². The summed E-state index contributed by atoms with van der Waals surface area (Å²) in [6.45, 7) is 6.68. The minimum absolute atomic E-state index is 0.773. The van der Waals surface area contributed by atoms with Crippen LogP contribution >= 0.6 is 15.9 Å². The predicted molar refractivity (Wildman–Crippen MR) is 89.4 cm³/mol. The van der Waals surface area contributed by atoms with Gasteiger partial charge in [-0.2, -0.15) is 0 Å². The van der Waals surface area contributed by atoms with Crippen LogP contribution in [0.5, 0.6) is 0 Å². The van der Waals surface area contributed by atoms with Crippen LogP contribution in [0, 0.1) is 0 Å². The molecule has 0 saturated heterocycles. The second kappa shape index (κ2) is 7.33. The molecule has 0 atom stereocenters. The third-order valence-electron chi connectivity index (χ3n) is 3.07. The first-order valence-corrected chi connectivity index (χ1v) is 7.81. The average molecular weight is 337 g/mol. The zero-order chi connectivity index (χ0) is 14.4. The largest absolute Gasteiger partial charge is 0.361 e. The molecular weight excluding hydrogens is 316 g/mol. The third-order valence-corrected chi connectivity index (χ3v) is 3.56. The third kappa shape index (κ3) is 3.76. The van der Waals surface area contributed by atoms with E-state index >= 15 is 0 Å². The number of aliphatic imine (C=N–C) groups is 1. The van der Waals surface area contributed by atoms with Gasteiger partial charge in [0, 0.05) is 41.2 Å². The fourth-order valence-electron chi connectivity index (χ4n) is 2.15. The van der Waals surface area contributed by atoms with Gasteiger partial charge in [-0.05, 0) is 44.0 Å². The van der Waals surface area contributed by atoms with Crippen LogP contribution in [0.25, 0.3) is 10.9 Å². The topological polar surface area (TPSA) is 52.2 Å². The van der Waals surface area contributed by atoms with Gasteiger partial charge >= 0.3 is 0 Å². The summed E-state index contributed by atoms with van der Waals surface area (Å²) in [6, 6.07) is 6.30. The van der Waals surface area contributed by atoms with Crippen LogP contribution in [-0.2, 0) is 6.42 Å². The van der Waals surface area contributed by atoms with Crippen molar-refractivity contribution < 1.29 is 0 Å². The Kier molecular flexibility index (Phi) is 5.47. The maximum Gasteiger partial charge on any atom is 0.191 e. The lowest BCUT2D eigenvalue weighted by Crippen LogP contribution is -2.37. The number of benzene rings is 1. The van der Waals surface area contributed by atoms with E-state index in [4.69, 9.17) is 0 Å². The zero-order valence-electron chi connectivity index (χ0n) is 12.0. The molecule has 0 aliphatic rings. The summed E-state index contributed by atoms with van der Waals surface area (Å²) < 4.78 is 1.11. The number of guanidine groups is 1. The molecule has 0 radical (unpaired) electrons. The Labute approximate surface area is 128 Å². The van der Waals surface area contributed by atoms with Gasteiger partial charge in [0.25, 0.3) is 0 Å². The molecule has 2 rings (SSSR count). The van der Waals surface area contributed by atoms with E-state index in [0.29, 0.717) is 0 Å². The first-order valence-electron chi connectivity index (χ1n) is 7.02. The lowest BCUT2D eigenvalue weighted by atomic mass is 10.1. The molecule has 1 heterocycles. The van der Waals surface area contributed by atoms with Crippen molar-refractivity contribution in [1.29, 1.82) is 0 Å². The predicted octanol–water partition coefficient (Wildman–Crippen LogP) is 3.05. The molecule has 5 heteroatoms. The highest BCUT2D eigenvalue weighted by atomic mass is 79.9. The molecule has 3 N–H and O–H groups in total. The van der Waals surface area contributed by atoms with Crippen LogP contribution in [0.3, 0.4) is 0 Å². The summed E-state index contributed by atoms with van der Waals surface area (Å²) in [5, 5.41) is 7.73. The average Bonchev–Trinajstić information content (AvgIpc) is 2.82. The number of aromatic nitrogens is 1. The Balaban J connectivity index is 2.05. The van der Waals surface area contributed by atoms with Crippen molar-refractivity contribution in [3.8, 4) is 0 Å². The van der Waals surface area contributed by atoms with E-state index in [0.717, 1.165) is 36.5 Å². The number of hydrogen-bond donors (Lipinski definition) is 3. The van der Waals surface area contributed by atoms with Crippen LogP contribution in [0.2, 0.25) is 0 Å². The summed E-state index contributed by atoms with van der Waals surface area (Å²) in [5.74, 6) is 0.885. The van der Waals surface area contributed by atoms with Crippen molar-refractivity contribution in [2.75, 3.05) is 19.6 Å². The van der Waals surface area contributed by atoms with Crippen molar-refractivity contribution >= 4 is 32.8 Å². The molecule has 0 bridgehead atoms. The zero-order valence-corrected chi connectivity index (χ0v) is 13.5. The number of hydrogen-bond acceptors (Lipinski definition) is 1. The van der Waals surface area contributed by atoms with E-state index in [1.54, 1.807) is 0 Å². The number of fused-ring (bicyclic) bond motifs is 1. The summed E-state index contributed by atoms with van der Waals surface area (Å²) in [5.41, 5.74) is 2.48. The lowest BCUT2D eigenvalue weighted by molar-refractivity contribution is 0.834. The first kappa shape index (κ1) is 14.9. The van der Waals surface area contributed by atoms with Crippen LogP contribution in [0.1, 0.15) is 19.4 Å². The van der Waals surface area contributed by atoms with E-state index in [9.17, 15) is 0 Å². The van der Waals surface area contributed by atoms with Crippen molar-refractivity contribution in [3.63, 3.8) is 0 Å². The van der Waals surface area contributed by atoms with Crippen molar-refractivity contribution in [2.24, 2.45) is 4.99 Å². The van der Waals surface area contributed by atoms with Gasteiger partial charge in [-0.25, -0.2) is 0 Å². The van der Waals surface area contributed by atoms with Gasteiger partial charge < -0.3 is 15.6 Å². The molecule has 1 aromatic heterocycles. The van der Waals surface area contributed by atoms with Crippen LogP contribution in [0.4, 0.5) is 0 Å². The highest BCUT2D eigenvalue weighted by molar-refractivity contribution is 9.10. The Bertz CT molecular complexity index is 581. The second-order valence-electron chi connectivity index (χ2n) is 4.54. The number of H-pyrrole nitrogens is 1. The quantitative estimate of drug-likeness (QED) is 0.580. The Morgan fingerprint density at radius 2 is 2.00 bits per heavy atom. The normalized spacial score (nSPS) is 10.6. The molecule has 4 nitrogen and oxygen atoms in total. The van der Waals surface area contributed by atoms with E-state index in [2.05, 4.69) is 74.8 Å². The van der Waals surface area contributed by atoms with E-state index in [1.807, 2.05) is 0 Å². The molecule has 0 unspecified atom stereocenters. The SMILES string of the molecule is CCNC(=NCCc1c[nH]c2ccc(Br)cc12)NCC. The number of nitrogens with one attached hydrogen (secondary N) is 3. The number of halogens is 1. The molecule has 0 saturated carbocycles. The van der Waals surface area contributed by atoms with E-state index < -0.39 is 0 Å². The summed E-state index contributed by atoms with van der Waals surface area (Å²) in [6.07, 6.45) is 3.00.